The molecule has 0 spiro atoms. The minimum atomic E-state index is -0.807. The predicted molar refractivity (Wildman–Crippen MR) is 90.1 cm³/mol. The molecular weight excluding hydrogens is 298 g/mol. The van der Waals surface area contributed by atoms with Crippen LogP contribution in [0.5, 0.6) is 0 Å². The number of ether oxygens (including phenoxy) is 1. The zero-order valence-corrected chi connectivity index (χ0v) is 15.0. The number of hydrogen-bond acceptors (Lipinski definition) is 6. The maximum Gasteiger partial charge on any atom is 0.305 e. The van der Waals surface area contributed by atoms with Gasteiger partial charge >= 0.3 is 5.97 Å². The van der Waals surface area contributed by atoms with E-state index in [4.69, 9.17) is 14.9 Å². The van der Waals surface area contributed by atoms with E-state index in [2.05, 4.69) is 20.8 Å². The summed E-state index contributed by atoms with van der Waals surface area (Å²) in [5.41, 5.74) is 0.333. The third-order valence-corrected chi connectivity index (χ3v) is 3.55. The van der Waals surface area contributed by atoms with Gasteiger partial charge in [-0.1, -0.05) is 33.6 Å². The van der Waals surface area contributed by atoms with Gasteiger partial charge < -0.3 is 20.1 Å². The van der Waals surface area contributed by atoms with Crippen LogP contribution in [-0.2, 0) is 9.53 Å². The molecule has 1 unspecified atom stereocenters. The molecule has 0 aromatic heterocycles. The summed E-state index contributed by atoms with van der Waals surface area (Å²) in [6.07, 6.45) is 3.65. The largest absolute Gasteiger partial charge is 0.463 e. The number of aliphatic hydroxyl groups is 3. The van der Waals surface area contributed by atoms with Crippen molar-refractivity contribution in [3.63, 3.8) is 0 Å². The standard InChI is InChI=1S/C17H35NO5/c1-17(2,3)8-6-4-5-7-16(22)23-14-15(21)13-18(9-11-19)10-12-20/h15,19-21H,4-14H2,1-3H3. The fraction of sp³-hybridized carbons (Fsp3) is 0.941. The molecule has 138 valence electrons. The third kappa shape index (κ3) is 14.6. The monoisotopic (exact) mass is 333 g/mol. The molecule has 1 atom stereocenters. The number of unbranched alkanes of at least 4 members (excludes halogenated alkanes) is 2. The Bertz CT molecular complexity index is 298. The fourth-order valence-electron chi connectivity index (χ4n) is 2.29. The minimum Gasteiger partial charge on any atom is -0.463 e. The number of rotatable bonds is 13. The topological polar surface area (TPSA) is 90.2 Å². The van der Waals surface area contributed by atoms with E-state index in [1.165, 1.54) is 0 Å². The van der Waals surface area contributed by atoms with Crippen LogP contribution >= 0.6 is 0 Å². The second-order valence-corrected chi connectivity index (χ2v) is 7.21. The maximum atomic E-state index is 11.6. The van der Waals surface area contributed by atoms with Crippen molar-refractivity contribution in [2.24, 2.45) is 5.41 Å². The normalized spacial score (nSPS) is 13.3. The number of hydrogen-bond donors (Lipinski definition) is 3. The van der Waals surface area contributed by atoms with Crippen LogP contribution in [0, 0.1) is 5.41 Å². The van der Waals surface area contributed by atoms with Gasteiger partial charge in [-0.3, -0.25) is 9.69 Å². The average Bonchev–Trinajstić information content (AvgIpc) is 2.44. The van der Waals surface area contributed by atoms with E-state index in [0.29, 0.717) is 24.9 Å². The number of carbonyl (C=O) groups is 1. The second-order valence-electron chi connectivity index (χ2n) is 7.21. The number of carbonyl (C=O) groups excluding carboxylic acids is 1. The van der Waals surface area contributed by atoms with Gasteiger partial charge in [-0.15, -0.1) is 0 Å². The van der Waals surface area contributed by atoms with Gasteiger partial charge in [0, 0.05) is 26.1 Å². The summed E-state index contributed by atoms with van der Waals surface area (Å²) in [4.78, 5) is 13.3. The first-order chi connectivity index (χ1) is 10.8. The molecule has 0 saturated heterocycles. The Kier molecular flexibility index (Phi) is 12.3. The van der Waals surface area contributed by atoms with Crippen LogP contribution in [0.3, 0.4) is 0 Å². The lowest BCUT2D eigenvalue weighted by molar-refractivity contribution is -0.147. The smallest absolute Gasteiger partial charge is 0.305 e. The van der Waals surface area contributed by atoms with Crippen LogP contribution in [0.4, 0.5) is 0 Å². The van der Waals surface area contributed by atoms with Gasteiger partial charge in [0.1, 0.15) is 12.7 Å². The van der Waals surface area contributed by atoms with Crippen LogP contribution in [0.2, 0.25) is 0 Å². The van der Waals surface area contributed by atoms with E-state index >= 15 is 0 Å². The van der Waals surface area contributed by atoms with Gasteiger partial charge in [-0.05, 0) is 18.3 Å². The summed E-state index contributed by atoms with van der Waals surface area (Å²) in [5.74, 6) is -0.282. The molecule has 0 radical (unpaired) electrons. The lowest BCUT2D eigenvalue weighted by atomic mass is 9.89. The van der Waals surface area contributed by atoms with Crippen molar-refractivity contribution in [2.45, 2.75) is 59.0 Å². The molecule has 0 saturated carbocycles. The molecular formula is C17H35NO5. The summed E-state index contributed by atoms with van der Waals surface area (Å²) >= 11 is 0. The van der Waals surface area contributed by atoms with Crippen molar-refractivity contribution in [1.82, 2.24) is 4.90 Å². The molecule has 0 heterocycles. The van der Waals surface area contributed by atoms with Crippen molar-refractivity contribution in [3.8, 4) is 0 Å². The highest BCUT2D eigenvalue weighted by molar-refractivity contribution is 5.69. The molecule has 0 aliphatic heterocycles. The quantitative estimate of drug-likeness (QED) is 0.346. The van der Waals surface area contributed by atoms with E-state index in [-0.39, 0.29) is 32.3 Å². The third-order valence-electron chi connectivity index (χ3n) is 3.55. The molecule has 0 rings (SSSR count). The first kappa shape index (κ1) is 22.3. The Hall–Kier alpha value is -0.690. The first-order valence-corrected chi connectivity index (χ1v) is 8.56. The summed E-state index contributed by atoms with van der Waals surface area (Å²) < 4.78 is 5.07. The highest BCUT2D eigenvalue weighted by atomic mass is 16.5. The van der Waals surface area contributed by atoms with Crippen LogP contribution in [0.15, 0.2) is 0 Å². The predicted octanol–water partition coefficient (Wildman–Crippen LogP) is 1.17. The molecule has 0 fully saturated rings. The molecule has 0 aromatic rings. The van der Waals surface area contributed by atoms with Crippen LogP contribution < -0.4 is 0 Å². The van der Waals surface area contributed by atoms with E-state index in [0.717, 1.165) is 25.7 Å². The molecule has 3 N–H and O–H groups in total. The lowest BCUT2D eigenvalue weighted by Crippen LogP contribution is -2.38. The van der Waals surface area contributed by atoms with Crippen LogP contribution in [0.1, 0.15) is 52.9 Å². The molecule has 6 nitrogen and oxygen atoms in total. The molecule has 0 bridgehead atoms. The molecule has 0 aliphatic rings. The Morgan fingerprint density at radius 1 is 1.09 bits per heavy atom. The van der Waals surface area contributed by atoms with E-state index < -0.39 is 6.10 Å². The van der Waals surface area contributed by atoms with E-state index in [1.807, 2.05) is 0 Å². The average molecular weight is 333 g/mol. The number of aliphatic hydroxyl groups excluding tert-OH is 3. The maximum absolute atomic E-state index is 11.6. The molecule has 23 heavy (non-hydrogen) atoms. The van der Waals surface area contributed by atoms with Gasteiger partial charge in [-0.2, -0.15) is 0 Å². The van der Waals surface area contributed by atoms with Gasteiger partial charge in [0.15, 0.2) is 0 Å². The minimum absolute atomic E-state index is 0.0406. The zero-order valence-electron chi connectivity index (χ0n) is 15.0. The van der Waals surface area contributed by atoms with Gasteiger partial charge in [-0.25, -0.2) is 0 Å². The van der Waals surface area contributed by atoms with Crippen molar-refractivity contribution in [2.75, 3.05) is 39.5 Å². The molecule has 0 amide bonds. The summed E-state index contributed by atoms with van der Waals surface area (Å²) in [7, 11) is 0. The molecule has 6 heteroatoms. The van der Waals surface area contributed by atoms with Crippen LogP contribution in [-0.4, -0.2) is 71.7 Å². The Balaban J connectivity index is 3.74. The van der Waals surface area contributed by atoms with Gasteiger partial charge in [0.25, 0.3) is 0 Å². The fourth-order valence-corrected chi connectivity index (χ4v) is 2.29. The van der Waals surface area contributed by atoms with Crippen molar-refractivity contribution >= 4 is 5.97 Å². The highest BCUT2D eigenvalue weighted by Gasteiger charge is 2.14. The van der Waals surface area contributed by atoms with E-state index in [9.17, 15) is 9.90 Å². The highest BCUT2D eigenvalue weighted by Crippen LogP contribution is 2.22. The Morgan fingerprint density at radius 2 is 1.70 bits per heavy atom. The lowest BCUT2D eigenvalue weighted by Gasteiger charge is -2.23. The van der Waals surface area contributed by atoms with Gasteiger partial charge in [0.2, 0.25) is 0 Å². The van der Waals surface area contributed by atoms with Crippen molar-refractivity contribution in [3.05, 3.63) is 0 Å². The van der Waals surface area contributed by atoms with Crippen molar-refractivity contribution < 1.29 is 24.9 Å². The molecule has 0 aromatic carbocycles. The van der Waals surface area contributed by atoms with Crippen LogP contribution in [0.25, 0.3) is 0 Å². The summed E-state index contributed by atoms with van der Waals surface area (Å²) in [6, 6.07) is 0. The van der Waals surface area contributed by atoms with Crippen molar-refractivity contribution in [1.29, 1.82) is 0 Å². The second kappa shape index (κ2) is 12.7. The summed E-state index contributed by atoms with van der Waals surface area (Å²) in [6.45, 7) is 7.51. The Labute approximate surface area is 140 Å². The SMILES string of the molecule is CC(C)(C)CCCCCC(=O)OCC(O)CN(CCO)CCO. The van der Waals surface area contributed by atoms with E-state index in [1.54, 1.807) is 4.90 Å². The van der Waals surface area contributed by atoms with Gasteiger partial charge in [0.05, 0.1) is 13.2 Å². The zero-order chi connectivity index (χ0) is 17.7. The summed E-state index contributed by atoms with van der Waals surface area (Å²) in [5, 5.41) is 27.6. The molecule has 0 aliphatic carbocycles. The number of esters is 1. The number of nitrogens with zero attached hydrogens (tertiary/aromatic N) is 1. The Morgan fingerprint density at radius 3 is 2.22 bits per heavy atom. The first-order valence-electron chi connectivity index (χ1n) is 8.56.